The molecule has 1 aromatic heterocycles. The number of piperidine rings is 1. The van der Waals surface area contributed by atoms with E-state index in [0.717, 1.165) is 36.9 Å². The molecule has 0 radical (unpaired) electrons. The first-order chi connectivity index (χ1) is 10.2. The molecular weight excluding hydrogens is 270 g/mol. The number of hydrogen-bond donors (Lipinski definition) is 2. The van der Waals surface area contributed by atoms with Gasteiger partial charge in [0.25, 0.3) is 0 Å². The summed E-state index contributed by atoms with van der Waals surface area (Å²) in [5.41, 5.74) is 0.944. The number of hydrogen-bond acceptors (Lipinski definition) is 5. The van der Waals surface area contributed by atoms with E-state index in [0.29, 0.717) is 18.0 Å². The molecule has 0 bridgehead atoms. The lowest BCUT2D eigenvalue weighted by Gasteiger charge is -2.31. The van der Waals surface area contributed by atoms with Crippen molar-refractivity contribution in [3.8, 4) is 5.75 Å². The van der Waals surface area contributed by atoms with Crippen LogP contribution in [0.5, 0.6) is 5.75 Å². The number of fused-ring (bicyclic) bond motifs is 1. The molecule has 0 unspecified atom stereocenters. The third kappa shape index (κ3) is 3.09. The largest absolute Gasteiger partial charge is 0.508 e. The van der Waals surface area contributed by atoms with Crippen LogP contribution in [0.1, 0.15) is 18.4 Å². The molecule has 5 heteroatoms. The van der Waals surface area contributed by atoms with Crippen molar-refractivity contribution < 1.29 is 14.6 Å². The maximum absolute atomic E-state index is 11.7. The fourth-order valence-electron chi connectivity index (χ4n) is 2.92. The summed E-state index contributed by atoms with van der Waals surface area (Å²) in [5.74, 6) is 0.488. The normalized spacial score (nSPS) is 17.4. The number of phenolic OH excluding ortho intramolecular Hbond substituents is 1. The molecule has 1 fully saturated rings. The van der Waals surface area contributed by atoms with Crippen LogP contribution in [0.25, 0.3) is 11.0 Å². The number of aromatic hydroxyl groups is 1. The predicted octanol–water partition coefficient (Wildman–Crippen LogP) is 1.70. The van der Waals surface area contributed by atoms with Crippen LogP contribution in [0.15, 0.2) is 33.5 Å². The van der Waals surface area contributed by atoms with E-state index in [4.69, 9.17) is 4.42 Å². The van der Waals surface area contributed by atoms with Crippen LogP contribution < -0.4 is 5.63 Å². The van der Waals surface area contributed by atoms with Crippen LogP contribution in [-0.2, 0) is 6.54 Å². The van der Waals surface area contributed by atoms with E-state index in [1.54, 1.807) is 12.1 Å². The van der Waals surface area contributed by atoms with Crippen molar-refractivity contribution in [3.05, 3.63) is 40.2 Å². The first kappa shape index (κ1) is 14.1. The van der Waals surface area contributed by atoms with E-state index >= 15 is 0 Å². The summed E-state index contributed by atoms with van der Waals surface area (Å²) < 4.78 is 5.14. The molecule has 2 N–H and O–H groups in total. The second-order valence-corrected chi connectivity index (χ2v) is 5.67. The van der Waals surface area contributed by atoms with E-state index in [1.165, 1.54) is 12.1 Å². The monoisotopic (exact) mass is 289 g/mol. The smallest absolute Gasteiger partial charge is 0.336 e. The van der Waals surface area contributed by atoms with Gasteiger partial charge in [-0.2, -0.15) is 0 Å². The Labute approximate surface area is 122 Å². The van der Waals surface area contributed by atoms with Gasteiger partial charge in [-0.25, -0.2) is 4.79 Å². The van der Waals surface area contributed by atoms with Crippen molar-refractivity contribution in [2.75, 3.05) is 19.7 Å². The van der Waals surface area contributed by atoms with Gasteiger partial charge in [-0.1, -0.05) is 0 Å². The van der Waals surface area contributed by atoms with Crippen LogP contribution in [0.4, 0.5) is 0 Å². The van der Waals surface area contributed by atoms with Crippen molar-refractivity contribution in [2.24, 2.45) is 5.92 Å². The predicted molar refractivity (Wildman–Crippen MR) is 79.2 cm³/mol. The molecule has 0 atom stereocenters. The average Bonchev–Trinajstić information content (AvgIpc) is 2.47. The molecule has 3 rings (SSSR count). The zero-order chi connectivity index (χ0) is 14.8. The summed E-state index contributed by atoms with van der Waals surface area (Å²) in [5, 5.41) is 19.5. The second-order valence-electron chi connectivity index (χ2n) is 5.67. The summed E-state index contributed by atoms with van der Waals surface area (Å²) in [6.07, 6.45) is 1.97. The number of aliphatic hydroxyl groups is 1. The van der Waals surface area contributed by atoms with Gasteiger partial charge < -0.3 is 14.6 Å². The Balaban J connectivity index is 1.85. The molecular formula is C16H19NO4. The summed E-state index contributed by atoms with van der Waals surface area (Å²) in [6, 6.07) is 6.38. The van der Waals surface area contributed by atoms with E-state index in [2.05, 4.69) is 4.90 Å². The molecule has 0 saturated carbocycles. The Morgan fingerprint density at radius 2 is 2.00 bits per heavy atom. The third-order valence-corrected chi connectivity index (χ3v) is 4.17. The van der Waals surface area contributed by atoms with E-state index in [1.807, 2.05) is 0 Å². The van der Waals surface area contributed by atoms with Gasteiger partial charge >= 0.3 is 5.63 Å². The number of nitrogens with zero attached hydrogens (tertiary/aromatic N) is 1. The molecule has 0 amide bonds. The minimum absolute atomic E-state index is 0.0894. The second kappa shape index (κ2) is 5.87. The summed E-state index contributed by atoms with van der Waals surface area (Å²) >= 11 is 0. The van der Waals surface area contributed by atoms with Gasteiger partial charge in [0.05, 0.1) is 0 Å². The Hall–Kier alpha value is -1.85. The van der Waals surface area contributed by atoms with E-state index in [9.17, 15) is 15.0 Å². The fourth-order valence-corrected chi connectivity index (χ4v) is 2.92. The number of phenols is 1. The molecule has 21 heavy (non-hydrogen) atoms. The summed E-state index contributed by atoms with van der Waals surface area (Å²) in [6.45, 7) is 2.78. The highest BCUT2D eigenvalue weighted by Crippen LogP contribution is 2.24. The Kier molecular flexibility index (Phi) is 3.94. The van der Waals surface area contributed by atoms with Crippen LogP contribution in [0.2, 0.25) is 0 Å². The van der Waals surface area contributed by atoms with E-state index < -0.39 is 5.63 Å². The molecule has 5 nitrogen and oxygen atoms in total. The zero-order valence-electron chi connectivity index (χ0n) is 11.8. The van der Waals surface area contributed by atoms with Crippen molar-refractivity contribution >= 4 is 11.0 Å². The Bertz CT molecular complexity index is 686. The average molecular weight is 289 g/mol. The molecule has 1 saturated heterocycles. The highest BCUT2D eigenvalue weighted by Gasteiger charge is 2.19. The van der Waals surface area contributed by atoms with Crippen LogP contribution in [0.3, 0.4) is 0 Å². The topological polar surface area (TPSA) is 73.9 Å². The van der Waals surface area contributed by atoms with Gasteiger partial charge in [0.1, 0.15) is 11.3 Å². The minimum atomic E-state index is -0.395. The lowest BCUT2D eigenvalue weighted by atomic mass is 9.97. The quantitative estimate of drug-likeness (QED) is 0.841. The Morgan fingerprint density at radius 3 is 2.71 bits per heavy atom. The highest BCUT2D eigenvalue weighted by atomic mass is 16.4. The van der Waals surface area contributed by atoms with Crippen LogP contribution in [-0.4, -0.2) is 34.8 Å². The molecule has 2 heterocycles. The first-order valence-corrected chi connectivity index (χ1v) is 7.24. The molecule has 0 aliphatic carbocycles. The lowest BCUT2D eigenvalue weighted by Crippen LogP contribution is -2.34. The van der Waals surface area contributed by atoms with Crippen LogP contribution >= 0.6 is 0 Å². The number of benzene rings is 1. The zero-order valence-corrected chi connectivity index (χ0v) is 11.8. The molecule has 112 valence electrons. The van der Waals surface area contributed by atoms with Crippen molar-refractivity contribution in [2.45, 2.75) is 19.4 Å². The van der Waals surface area contributed by atoms with Gasteiger partial charge in [-0.3, -0.25) is 4.90 Å². The van der Waals surface area contributed by atoms with Gasteiger partial charge in [0.2, 0.25) is 0 Å². The minimum Gasteiger partial charge on any atom is -0.508 e. The van der Waals surface area contributed by atoms with Gasteiger partial charge in [0.15, 0.2) is 0 Å². The Morgan fingerprint density at radius 1 is 1.24 bits per heavy atom. The van der Waals surface area contributed by atoms with Crippen molar-refractivity contribution in [1.29, 1.82) is 0 Å². The molecule has 1 aliphatic rings. The van der Waals surface area contributed by atoms with Crippen LogP contribution in [0, 0.1) is 5.92 Å². The number of rotatable bonds is 3. The molecule has 1 aliphatic heterocycles. The van der Waals surface area contributed by atoms with E-state index in [-0.39, 0.29) is 12.4 Å². The van der Waals surface area contributed by atoms with Gasteiger partial charge in [-0.05, 0) is 49.5 Å². The summed E-state index contributed by atoms with van der Waals surface area (Å²) in [4.78, 5) is 13.9. The maximum Gasteiger partial charge on any atom is 0.336 e. The van der Waals surface area contributed by atoms with Gasteiger partial charge in [0, 0.05) is 30.7 Å². The number of aliphatic hydroxyl groups excluding tert-OH is 1. The molecule has 1 aromatic carbocycles. The fraction of sp³-hybridized carbons (Fsp3) is 0.438. The molecule has 2 aromatic rings. The highest BCUT2D eigenvalue weighted by molar-refractivity contribution is 5.81. The maximum atomic E-state index is 11.7. The lowest BCUT2D eigenvalue weighted by molar-refractivity contribution is 0.127. The third-order valence-electron chi connectivity index (χ3n) is 4.17. The number of likely N-dealkylation sites (tertiary alicyclic amines) is 1. The van der Waals surface area contributed by atoms with Gasteiger partial charge in [-0.15, -0.1) is 0 Å². The first-order valence-electron chi connectivity index (χ1n) is 7.24. The van der Waals surface area contributed by atoms with Crippen molar-refractivity contribution in [3.63, 3.8) is 0 Å². The standard InChI is InChI=1S/C16H19NO4/c18-10-11-3-5-17(6-4-11)9-12-7-16(20)21-15-8-13(19)1-2-14(12)15/h1-2,7-8,11,18-19H,3-6,9-10H2. The summed E-state index contributed by atoms with van der Waals surface area (Å²) in [7, 11) is 0. The SMILES string of the molecule is O=c1cc(CN2CCC(CO)CC2)c2ccc(O)cc2o1. The molecule has 0 spiro atoms. The van der Waals surface area contributed by atoms with Crippen molar-refractivity contribution in [1.82, 2.24) is 4.90 Å².